The van der Waals surface area contributed by atoms with Crippen LogP contribution in [0.25, 0.3) is 11.0 Å². The van der Waals surface area contributed by atoms with Gasteiger partial charge in [-0.05, 0) is 52.2 Å². The van der Waals surface area contributed by atoms with Crippen LogP contribution in [0.15, 0.2) is 57.4 Å². The van der Waals surface area contributed by atoms with Crippen LogP contribution in [0.2, 0.25) is 0 Å². The first kappa shape index (κ1) is 14.3. The Labute approximate surface area is 130 Å². The van der Waals surface area contributed by atoms with Crippen molar-refractivity contribution in [3.63, 3.8) is 0 Å². The molecule has 0 saturated carbocycles. The van der Waals surface area contributed by atoms with Gasteiger partial charge in [0, 0.05) is 5.39 Å². The van der Waals surface area contributed by atoms with Crippen LogP contribution in [-0.4, -0.2) is 0 Å². The predicted octanol–water partition coefficient (Wildman–Crippen LogP) is 4.08. The number of hydrogen-bond donors (Lipinski definition) is 2. The molecule has 0 aliphatic carbocycles. The van der Waals surface area contributed by atoms with E-state index >= 15 is 0 Å². The van der Waals surface area contributed by atoms with Gasteiger partial charge in [0.05, 0.1) is 10.5 Å². The second-order valence-corrected chi connectivity index (χ2v) is 5.71. The van der Waals surface area contributed by atoms with E-state index in [0.717, 1.165) is 22.3 Å². The zero-order valence-corrected chi connectivity index (χ0v) is 12.7. The molecule has 3 aromatic rings. The van der Waals surface area contributed by atoms with E-state index in [0.29, 0.717) is 10.9 Å². The van der Waals surface area contributed by atoms with E-state index in [1.54, 1.807) is 12.1 Å². The average Bonchev–Trinajstić information content (AvgIpc) is 2.92. The van der Waals surface area contributed by atoms with Gasteiger partial charge in [-0.25, -0.2) is 9.82 Å². The molecule has 0 aliphatic rings. The summed E-state index contributed by atoms with van der Waals surface area (Å²) in [4.78, 5) is 0. The van der Waals surface area contributed by atoms with Crippen molar-refractivity contribution in [2.45, 2.75) is 12.5 Å². The lowest BCUT2D eigenvalue weighted by atomic mass is 10.0. The van der Waals surface area contributed by atoms with E-state index in [1.807, 2.05) is 30.3 Å². The van der Waals surface area contributed by atoms with Crippen molar-refractivity contribution in [3.8, 4) is 0 Å². The van der Waals surface area contributed by atoms with Gasteiger partial charge in [0.1, 0.15) is 17.2 Å². The summed E-state index contributed by atoms with van der Waals surface area (Å²) in [6, 6.07) is 14.5. The summed E-state index contributed by atoms with van der Waals surface area (Å²) in [5.74, 6) is 6.13. The molecule has 21 heavy (non-hydrogen) atoms. The molecule has 0 spiro atoms. The Morgan fingerprint density at radius 1 is 1.19 bits per heavy atom. The molecule has 0 amide bonds. The number of furan rings is 1. The standard InChI is InChI=1S/C16H14BrFN2O/c17-12-7-10(5-6-13(12)18)8-14(20-19)16-9-11-3-1-2-4-15(11)21-16/h1-7,9,14,20H,8,19H2. The molecule has 2 aromatic carbocycles. The first-order chi connectivity index (χ1) is 10.2. The minimum absolute atomic E-state index is 0.172. The molecule has 5 heteroatoms. The normalized spacial score (nSPS) is 12.7. The first-order valence-electron chi connectivity index (χ1n) is 6.56. The second kappa shape index (κ2) is 5.97. The lowest BCUT2D eigenvalue weighted by Crippen LogP contribution is -2.29. The monoisotopic (exact) mass is 348 g/mol. The van der Waals surface area contributed by atoms with E-state index in [2.05, 4.69) is 21.4 Å². The minimum Gasteiger partial charge on any atom is -0.459 e. The van der Waals surface area contributed by atoms with Gasteiger partial charge in [0.2, 0.25) is 0 Å². The third kappa shape index (κ3) is 3.00. The van der Waals surface area contributed by atoms with Gasteiger partial charge in [-0.2, -0.15) is 0 Å². The van der Waals surface area contributed by atoms with Crippen molar-refractivity contribution < 1.29 is 8.81 Å². The molecule has 0 bridgehead atoms. The van der Waals surface area contributed by atoms with Gasteiger partial charge >= 0.3 is 0 Å². The van der Waals surface area contributed by atoms with Gasteiger partial charge in [-0.1, -0.05) is 24.3 Å². The van der Waals surface area contributed by atoms with E-state index in [-0.39, 0.29) is 11.9 Å². The highest BCUT2D eigenvalue weighted by Crippen LogP contribution is 2.27. The molecule has 3 N–H and O–H groups in total. The molecule has 1 aromatic heterocycles. The minimum atomic E-state index is -0.278. The lowest BCUT2D eigenvalue weighted by molar-refractivity contribution is 0.434. The van der Waals surface area contributed by atoms with Gasteiger partial charge in [0.25, 0.3) is 0 Å². The fourth-order valence-electron chi connectivity index (χ4n) is 2.32. The molecule has 0 aliphatic heterocycles. The molecule has 0 saturated heterocycles. The van der Waals surface area contributed by atoms with Gasteiger partial charge in [-0.3, -0.25) is 5.84 Å². The number of benzene rings is 2. The van der Waals surface area contributed by atoms with E-state index in [1.165, 1.54) is 6.07 Å². The smallest absolute Gasteiger partial charge is 0.137 e. The van der Waals surface area contributed by atoms with E-state index < -0.39 is 0 Å². The maximum atomic E-state index is 13.3. The average molecular weight is 349 g/mol. The van der Waals surface area contributed by atoms with Crippen LogP contribution in [0.1, 0.15) is 17.4 Å². The second-order valence-electron chi connectivity index (χ2n) is 4.86. The summed E-state index contributed by atoms with van der Waals surface area (Å²) >= 11 is 3.19. The number of rotatable bonds is 4. The van der Waals surface area contributed by atoms with Gasteiger partial charge in [0.15, 0.2) is 0 Å². The molecule has 1 atom stereocenters. The topological polar surface area (TPSA) is 51.2 Å². The van der Waals surface area contributed by atoms with Crippen LogP contribution in [0, 0.1) is 5.82 Å². The summed E-state index contributed by atoms with van der Waals surface area (Å²) in [6.45, 7) is 0. The molecule has 1 heterocycles. The molecular formula is C16H14BrFN2O. The zero-order valence-electron chi connectivity index (χ0n) is 11.1. The van der Waals surface area contributed by atoms with Crippen molar-refractivity contribution in [3.05, 3.63) is 70.1 Å². The summed E-state index contributed by atoms with van der Waals surface area (Å²) in [7, 11) is 0. The highest BCUT2D eigenvalue weighted by atomic mass is 79.9. The Hall–Kier alpha value is -1.69. The predicted molar refractivity (Wildman–Crippen MR) is 84.1 cm³/mol. The van der Waals surface area contributed by atoms with Gasteiger partial charge in [-0.15, -0.1) is 0 Å². The van der Waals surface area contributed by atoms with Crippen molar-refractivity contribution in [1.29, 1.82) is 0 Å². The van der Waals surface area contributed by atoms with Crippen LogP contribution in [0.5, 0.6) is 0 Å². The maximum Gasteiger partial charge on any atom is 0.137 e. The summed E-state index contributed by atoms with van der Waals surface area (Å²) in [6.07, 6.45) is 0.606. The van der Waals surface area contributed by atoms with E-state index in [9.17, 15) is 4.39 Å². The van der Waals surface area contributed by atoms with Crippen LogP contribution < -0.4 is 11.3 Å². The van der Waals surface area contributed by atoms with Crippen LogP contribution in [0.3, 0.4) is 0 Å². The largest absolute Gasteiger partial charge is 0.459 e. The van der Waals surface area contributed by atoms with Crippen LogP contribution in [-0.2, 0) is 6.42 Å². The third-order valence-electron chi connectivity index (χ3n) is 3.41. The number of fused-ring (bicyclic) bond motifs is 1. The molecule has 0 radical (unpaired) electrons. The molecule has 1 unspecified atom stereocenters. The van der Waals surface area contributed by atoms with E-state index in [4.69, 9.17) is 10.3 Å². The highest BCUT2D eigenvalue weighted by Gasteiger charge is 2.16. The summed E-state index contributed by atoms with van der Waals surface area (Å²) in [5.41, 5.74) is 4.55. The lowest BCUT2D eigenvalue weighted by Gasteiger charge is -2.13. The zero-order chi connectivity index (χ0) is 14.8. The number of halogens is 2. The third-order valence-corrected chi connectivity index (χ3v) is 4.02. The maximum absolute atomic E-state index is 13.3. The van der Waals surface area contributed by atoms with Crippen molar-refractivity contribution >= 4 is 26.9 Å². The first-order valence-corrected chi connectivity index (χ1v) is 7.35. The number of hydrazine groups is 1. The number of para-hydroxylation sites is 1. The quantitative estimate of drug-likeness (QED) is 0.551. The van der Waals surface area contributed by atoms with Crippen LogP contribution >= 0.6 is 15.9 Å². The van der Waals surface area contributed by atoms with Gasteiger partial charge < -0.3 is 4.42 Å². The Balaban J connectivity index is 1.88. The molecule has 3 nitrogen and oxygen atoms in total. The molecule has 0 fully saturated rings. The Bertz CT molecular complexity index is 739. The Morgan fingerprint density at radius 2 is 2.00 bits per heavy atom. The fourth-order valence-corrected chi connectivity index (χ4v) is 2.74. The van der Waals surface area contributed by atoms with Crippen molar-refractivity contribution in [2.75, 3.05) is 0 Å². The highest BCUT2D eigenvalue weighted by molar-refractivity contribution is 9.10. The number of nitrogens with two attached hydrogens (primary N) is 1. The molecular weight excluding hydrogens is 335 g/mol. The van der Waals surface area contributed by atoms with Crippen molar-refractivity contribution in [1.82, 2.24) is 5.43 Å². The molecule has 108 valence electrons. The molecule has 3 rings (SSSR count). The number of nitrogens with one attached hydrogen (secondary N) is 1. The summed E-state index contributed by atoms with van der Waals surface area (Å²) in [5, 5.41) is 1.04. The number of hydrogen-bond acceptors (Lipinski definition) is 3. The van der Waals surface area contributed by atoms with Crippen LogP contribution in [0.4, 0.5) is 4.39 Å². The fraction of sp³-hybridized carbons (Fsp3) is 0.125. The summed E-state index contributed by atoms with van der Waals surface area (Å²) < 4.78 is 19.5. The Morgan fingerprint density at radius 3 is 2.71 bits per heavy atom. The SMILES string of the molecule is NNC(Cc1ccc(F)c(Br)c1)c1cc2ccccc2o1. The van der Waals surface area contributed by atoms with Crippen molar-refractivity contribution in [2.24, 2.45) is 5.84 Å². The Kier molecular flexibility index (Phi) is 4.05.